The van der Waals surface area contributed by atoms with Gasteiger partial charge in [0.2, 0.25) is 5.91 Å². The molecule has 0 atom stereocenters. The van der Waals surface area contributed by atoms with E-state index >= 15 is 0 Å². The van der Waals surface area contributed by atoms with Gasteiger partial charge in [-0.3, -0.25) is 9.69 Å². The molecule has 1 heterocycles. The Morgan fingerprint density at radius 2 is 1.78 bits per heavy atom. The van der Waals surface area contributed by atoms with Crippen LogP contribution in [0.25, 0.3) is 0 Å². The molecule has 0 spiro atoms. The van der Waals surface area contributed by atoms with Crippen LogP contribution in [0.15, 0.2) is 33.6 Å². The second-order valence-corrected chi connectivity index (χ2v) is 9.82. The van der Waals surface area contributed by atoms with E-state index in [-0.39, 0.29) is 11.7 Å². The van der Waals surface area contributed by atoms with Crippen molar-refractivity contribution in [1.82, 2.24) is 9.80 Å². The molecule has 0 radical (unpaired) electrons. The summed E-state index contributed by atoms with van der Waals surface area (Å²) in [5, 5.41) is 0. The minimum atomic E-state index is -2.92. The second-order valence-electron chi connectivity index (χ2n) is 5.59. The number of carbonyl (C=O) groups excluding carboxylic acids is 1. The predicted molar refractivity (Wildman–Crippen MR) is 97.6 cm³/mol. The zero-order valence-corrected chi connectivity index (χ0v) is 16.3. The number of rotatable bonds is 6. The molecule has 1 aromatic rings. The normalized spacial score (nSPS) is 16.5. The minimum Gasteiger partial charge on any atom is -0.339 e. The smallest absolute Gasteiger partial charge is 0.233 e. The Kier molecular flexibility index (Phi) is 6.94. The van der Waals surface area contributed by atoms with Crippen LogP contribution in [-0.2, 0) is 14.6 Å². The Morgan fingerprint density at radius 3 is 2.35 bits per heavy atom. The van der Waals surface area contributed by atoms with Gasteiger partial charge >= 0.3 is 0 Å². The van der Waals surface area contributed by atoms with E-state index in [0.29, 0.717) is 25.4 Å². The van der Waals surface area contributed by atoms with E-state index in [9.17, 15) is 13.2 Å². The van der Waals surface area contributed by atoms with Crippen LogP contribution in [0.5, 0.6) is 0 Å². The second kappa shape index (κ2) is 8.50. The number of carbonyl (C=O) groups is 1. The fraction of sp³-hybridized carbons (Fsp3) is 0.533. The van der Waals surface area contributed by atoms with Crippen molar-refractivity contribution in [3.8, 4) is 0 Å². The molecule has 1 aliphatic heterocycles. The van der Waals surface area contributed by atoms with Crippen molar-refractivity contribution in [1.29, 1.82) is 0 Å². The van der Waals surface area contributed by atoms with E-state index in [1.807, 2.05) is 29.2 Å². The van der Waals surface area contributed by atoms with Gasteiger partial charge in [0.05, 0.1) is 11.5 Å². The van der Waals surface area contributed by atoms with Crippen LogP contribution in [0.3, 0.4) is 0 Å². The molecule has 8 heteroatoms. The number of piperazine rings is 1. The quantitative estimate of drug-likeness (QED) is 0.655. The highest BCUT2D eigenvalue weighted by atomic mass is 79.9. The average molecular weight is 421 g/mol. The molecule has 1 aliphatic rings. The molecule has 0 N–H and O–H groups in total. The Bertz CT molecular complexity index is 627. The molecule has 0 saturated carbocycles. The van der Waals surface area contributed by atoms with Gasteiger partial charge in [0, 0.05) is 48.3 Å². The van der Waals surface area contributed by atoms with Gasteiger partial charge in [-0.15, -0.1) is 11.8 Å². The van der Waals surface area contributed by atoms with Crippen molar-refractivity contribution in [2.24, 2.45) is 0 Å². The van der Waals surface area contributed by atoms with Crippen molar-refractivity contribution in [2.45, 2.75) is 4.90 Å². The number of hydrogen-bond donors (Lipinski definition) is 0. The highest BCUT2D eigenvalue weighted by molar-refractivity contribution is 9.10. The third-order valence-electron chi connectivity index (χ3n) is 3.68. The van der Waals surface area contributed by atoms with E-state index in [1.165, 1.54) is 6.26 Å². The Hall–Kier alpha value is -0.570. The van der Waals surface area contributed by atoms with Gasteiger partial charge in [-0.2, -0.15) is 0 Å². The molecule has 0 aromatic heterocycles. The summed E-state index contributed by atoms with van der Waals surface area (Å²) in [6, 6.07) is 7.91. The van der Waals surface area contributed by atoms with E-state index in [1.54, 1.807) is 11.8 Å². The summed E-state index contributed by atoms with van der Waals surface area (Å²) in [6.07, 6.45) is 1.26. The summed E-state index contributed by atoms with van der Waals surface area (Å²) in [4.78, 5) is 17.3. The van der Waals surface area contributed by atoms with Crippen molar-refractivity contribution >= 4 is 43.4 Å². The summed E-state index contributed by atoms with van der Waals surface area (Å²) in [6.45, 7) is 3.37. The van der Waals surface area contributed by atoms with Gasteiger partial charge in [0.1, 0.15) is 9.84 Å². The molecule has 0 unspecified atom stereocenters. The molecule has 1 fully saturated rings. The van der Waals surface area contributed by atoms with Crippen LogP contribution in [0, 0.1) is 0 Å². The Labute approximate surface area is 150 Å². The van der Waals surface area contributed by atoms with Crippen LogP contribution in [-0.4, -0.2) is 74.6 Å². The molecule has 0 bridgehead atoms. The summed E-state index contributed by atoms with van der Waals surface area (Å²) in [5.41, 5.74) is 0. The van der Waals surface area contributed by atoms with Crippen LogP contribution >= 0.6 is 27.7 Å². The van der Waals surface area contributed by atoms with E-state index < -0.39 is 9.84 Å². The van der Waals surface area contributed by atoms with Crippen molar-refractivity contribution in [2.75, 3.05) is 50.5 Å². The van der Waals surface area contributed by atoms with Gasteiger partial charge < -0.3 is 4.90 Å². The third kappa shape index (κ3) is 6.82. The molecule has 0 aliphatic carbocycles. The first-order valence-electron chi connectivity index (χ1n) is 7.40. The largest absolute Gasteiger partial charge is 0.339 e. The monoisotopic (exact) mass is 420 g/mol. The van der Waals surface area contributed by atoms with Crippen molar-refractivity contribution in [3.63, 3.8) is 0 Å². The van der Waals surface area contributed by atoms with Crippen LogP contribution in [0.4, 0.5) is 0 Å². The highest BCUT2D eigenvalue weighted by Crippen LogP contribution is 2.21. The number of hydrogen-bond acceptors (Lipinski definition) is 5. The lowest BCUT2D eigenvalue weighted by atomic mass is 10.3. The summed E-state index contributed by atoms with van der Waals surface area (Å²) < 4.78 is 23.4. The highest BCUT2D eigenvalue weighted by Gasteiger charge is 2.21. The van der Waals surface area contributed by atoms with E-state index in [0.717, 1.165) is 22.5 Å². The van der Waals surface area contributed by atoms with Gasteiger partial charge in [-0.25, -0.2) is 8.42 Å². The number of nitrogens with zero attached hydrogens (tertiary/aromatic N) is 2. The lowest BCUT2D eigenvalue weighted by Crippen LogP contribution is -2.50. The van der Waals surface area contributed by atoms with E-state index in [2.05, 4.69) is 20.8 Å². The summed E-state index contributed by atoms with van der Waals surface area (Å²) in [7, 11) is -2.92. The maximum atomic E-state index is 12.2. The zero-order chi connectivity index (χ0) is 16.9. The number of benzene rings is 1. The molecule has 1 aromatic carbocycles. The first kappa shape index (κ1) is 18.8. The van der Waals surface area contributed by atoms with Gasteiger partial charge in [0.15, 0.2) is 0 Å². The summed E-state index contributed by atoms with van der Waals surface area (Å²) in [5.74, 6) is 0.756. The van der Waals surface area contributed by atoms with Crippen molar-refractivity contribution < 1.29 is 13.2 Å². The lowest BCUT2D eigenvalue weighted by molar-refractivity contribution is -0.130. The zero-order valence-electron chi connectivity index (χ0n) is 13.1. The Morgan fingerprint density at radius 1 is 1.17 bits per heavy atom. The number of amides is 1. The molecule has 23 heavy (non-hydrogen) atoms. The number of halogens is 1. The molecule has 1 saturated heterocycles. The maximum Gasteiger partial charge on any atom is 0.233 e. The molecule has 2 rings (SSSR count). The van der Waals surface area contributed by atoms with Crippen LogP contribution in [0.1, 0.15) is 0 Å². The fourth-order valence-electron chi connectivity index (χ4n) is 2.28. The Balaban J connectivity index is 1.72. The number of thioether (sulfide) groups is 1. The van der Waals surface area contributed by atoms with Crippen LogP contribution < -0.4 is 0 Å². The maximum absolute atomic E-state index is 12.2. The van der Waals surface area contributed by atoms with Gasteiger partial charge in [-0.1, -0.05) is 15.9 Å². The van der Waals surface area contributed by atoms with Gasteiger partial charge in [-0.05, 0) is 24.3 Å². The molecular weight excluding hydrogens is 400 g/mol. The topological polar surface area (TPSA) is 57.7 Å². The van der Waals surface area contributed by atoms with Crippen LogP contribution in [0.2, 0.25) is 0 Å². The number of sulfone groups is 1. The van der Waals surface area contributed by atoms with E-state index in [4.69, 9.17) is 0 Å². The molecule has 1 amide bonds. The molecular formula is C15H21BrN2O3S2. The molecule has 5 nitrogen and oxygen atoms in total. The predicted octanol–water partition coefficient (Wildman–Crippen LogP) is 1.73. The SMILES string of the molecule is CS(=O)(=O)CCN1CCN(C(=O)CSc2ccc(Br)cc2)CC1. The standard InChI is InChI=1S/C15H21BrN2O3S2/c1-23(20,21)11-10-17-6-8-18(9-7-17)15(19)12-22-14-4-2-13(16)3-5-14/h2-5H,6-12H2,1H3. The first-order chi connectivity index (χ1) is 10.8. The fourth-order valence-corrected chi connectivity index (χ4v) is 3.94. The lowest BCUT2D eigenvalue weighted by Gasteiger charge is -2.34. The van der Waals surface area contributed by atoms with Crippen molar-refractivity contribution in [3.05, 3.63) is 28.7 Å². The third-order valence-corrected chi connectivity index (χ3v) is 6.13. The minimum absolute atomic E-state index is 0.140. The molecule has 128 valence electrons. The summed E-state index contributed by atoms with van der Waals surface area (Å²) >= 11 is 4.93. The van der Waals surface area contributed by atoms with Gasteiger partial charge in [0.25, 0.3) is 0 Å². The average Bonchev–Trinajstić information content (AvgIpc) is 2.52. The first-order valence-corrected chi connectivity index (χ1v) is 11.2.